The molecule has 88 valence electrons. The largest absolute Gasteiger partial charge is 0.459 e. The normalized spacial score (nSPS) is 18.6. The number of rotatable bonds is 2. The lowest BCUT2D eigenvalue weighted by Crippen LogP contribution is -2.44. The minimum absolute atomic E-state index is 0.0143. The number of likely N-dealkylation sites (tertiary alicyclic amines) is 1. The maximum absolute atomic E-state index is 12.0. The van der Waals surface area contributed by atoms with Crippen LogP contribution < -0.4 is 0 Å². The summed E-state index contributed by atoms with van der Waals surface area (Å²) in [6, 6.07) is 3.80. The molecule has 0 radical (unpaired) electrons. The highest BCUT2D eigenvalue weighted by Crippen LogP contribution is 2.16. The molecule has 1 aliphatic heterocycles. The first-order valence-corrected chi connectivity index (χ1v) is 5.67. The summed E-state index contributed by atoms with van der Waals surface area (Å²) in [4.78, 5) is 16.1. The van der Waals surface area contributed by atoms with Gasteiger partial charge in [0.25, 0.3) is 5.91 Å². The predicted octanol–water partition coefficient (Wildman–Crippen LogP) is 1.45. The average molecular weight is 222 g/mol. The van der Waals surface area contributed by atoms with Crippen molar-refractivity contribution in [3.63, 3.8) is 0 Å². The van der Waals surface area contributed by atoms with Gasteiger partial charge in [-0.3, -0.25) is 4.79 Å². The highest BCUT2D eigenvalue weighted by molar-refractivity contribution is 5.91. The van der Waals surface area contributed by atoms with E-state index in [2.05, 4.69) is 11.9 Å². The van der Waals surface area contributed by atoms with Crippen LogP contribution in [0.2, 0.25) is 0 Å². The van der Waals surface area contributed by atoms with Gasteiger partial charge in [0.2, 0.25) is 0 Å². The molecule has 4 nitrogen and oxygen atoms in total. The molecule has 0 bridgehead atoms. The fraction of sp³-hybridized carbons (Fsp3) is 0.583. The molecule has 1 aromatic heterocycles. The number of carbonyl (C=O) groups excluding carboxylic acids is 1. The van der Waals surface area contributed by atoms with Crippen LogP contribution in [0.5, 0.6) is 0 Å². The number of carbonyl (C=O) groups is 1. The summed E-state index contributed by atoms with van der Waals surface area (Å²) >= 11 is 0. The van der Waals surface area contributed by atoms with Crippen LogP contribution in [0.3, 0.4) is 0 Å². The van der Waals surface area contributed by atoms with Gasteiger partial charge in [0.05, 0.1) is 6.26 Å². The Kier molecular flexibility index (Phi) is 3.29. The number of piperidine rings is 1. The Balaban J connectivity index is 1.97. The quantitative estimate of drug-likeness (QED) is 0.760. The van der Waals surface area contributed by atoms with Crippen LogP contribution in [-0.4, -0.2) is 48.9 Å². The monoisotopic (exact) mass is 222 g/mol. The van der Waals surface area contributed by atoms with Gasteiger partial charge in [-0.25, -0.2) is 0 Å². The minimum Gasteiger partial charge on any atom is -0.459 e. The molecule has 0 aliphatic carbocycles. The molecular formula is C12H18N2O2. The summed E-state index contributed by atoms with van der Waals surface area (Å²) < 4.78 is 5.13. The topological polar surface area (TPSA) is 36.7 Å². The SMILES string of the molecule is CN1CCC(N(C)C(=O)c2ccco2)CC1. The molecule has 16 heavy (non-hydrogen) atoms. The number of amides is 1. The van der Waals surface area contributed by atoms with E-state index in [1.165, 1.54) is 6.26 Å². The van der Waals surface area contributed by atoms with Crippen molar-refractivity contribution in [1.29, 1.82) is 0 Å². The fourth-order valence-corrected chi connectivity index (χ4v) is 2.12. The van der Waals surface area contributed by atoms with Gasteiger partial charge >= 0.3 is 0 Å². The summed E-state index contributed by atoms with van der Waals surface area (Å²) in [5.41, 5.74) is 0. The third-order valence-corrected chi connectivity index (χ3v) is 3.29. The Morgan fingerprint density at radius 3 is 2.75 bits per heavy atom. The molecule has 0 spiro atoms. The Labute approximate surface area is 95.8 Å². The first kappa shape index (κ1) is 11.2. The van der Waals surface area contributed by atoms with Gasteiger partial charge < -0.3 is 14.2 Å². The van der Waals surface area contributed by atoms with Gasteiger partial charge in [-0.05, 0) is 45.1 Å². The van der Waals surface area contributed by atoms with Gasteiger partial charge in [0.1, 0.15) is 0 Å². The van der Waals surface area contributed by atoms with Crippen LogP contribution in [0.25, 0.3) is 0 Å². The van der Waals surface area contributed by atoms with Crippen molar-refractivity contribution in [1.82, 2.24) is 9.80 Å². The van der Waals surface area contributed by atoms with E-state index in [4.69, 9.17) is 4.42 Å². The summed E-state index contributed by atoms with van der Waals surface area (Å²) in [5, 5.41) is 0. The van der Waals surface area contributed by atoms with E-state index in [-0.39, 0.29) is 5.91 Å². The van der Waals surface area contributed by atoms with E-state index >= 15 is 0 Å². The number of nitrogens with zero attached hydrogens (tertiary/aromatic N) is 2. The number of hydrogen-bond acceptors (Lipinski definition) is 3. The van der Waals surface area contributed by atoms with Gasteiger partial charge in [-0.1, -0.05) is 0 Å². The van der Waals surface area contributed by atoms with Crippen molar-refractivity contribution < 1.29 is 9.21 Å². The molecule has 0 unspecified atom stereocenters. The van der Waals surface area contributed by atoms with E-state index in [1.807, 2.05) is 11.9 Å². The van der Waals surface area contributed by atoms with E-state index in [0.717, 1.165) is 25.9 Å². The molecule has 2 heterocycles. The van der Waals surface area contributed by atoms with Crippen molar-refractivity contribution in [2.24, 2.45) is 0 Å². The van der Waals surface area contributed by atoms with E-state index in [9.17, 15) is 4.79 Å². The van der Waals surface area contributed by atoms with E-state index < -0.39 is 0 Å². The summed E-state index contributed by atoms with van der Waals surface area (Å²) in [5.74, 6) is 0.418. The maximum Gasteiger partial charge on any atom is 0.289 e. The first-order valence-electron chi connectivity index (χ1n) is 5.67. The highest BCUT2D eigenvalue weighted by atomic mass is 16.3. The van der Waals surface area contributed by atoms with Gasteiger partial charge in [0, 0.05) is 13.1 Å². The molecule has 1 fully saturated rings. The zero-order valence-electron chi connectivity index (χ0n) is 9.85. The lowest BCUT2D eigenvalue weighted by molar-refractivity contribution is 0.0628. The van der Waals surface area contributed by atoms with Gasteiger partial charge in [0.15, 0.2) is 5.76 Å². The van der Waals surface area contributed by atoms with Crippen molar-refractivity contribution in [2.75, 3.05) is 27.2 Å². The molecule has 0 saturated carbocycles. The smallest absolute Gasteiger partial charge is 0.289 e. The second-order valence-corrected chi connectivity index (χ2v) is 4.43. The Bertz CT molecular complexity index is 340. The molecule has 1 aliphatic rings. The molecule has 2 rings (SSSR count). The first-order chi connectivity index (χ1) is 7.68. The summed E-state index contributed by atoms with van der Waals surface area (Å²) in [7, 11) is 3.98. The zero-order valence-corrected chi connectivity index (χ0v) is 9.85. The van der Waals surface area contributed by atoms with Crippen LogP contribution >= 0.6 is 0 Å². The zero-order chi connectivity index (χ0) is 11.5. The molecule has 1 amide bonds. The number of hydrogen-bond donors (Lipinski definition) is 0. The van der Waals surface area contributed by atoms with Crippen molar-refractivity contribution in [2.45, 2.75) is 18.9 Å². The van der Waals surface area contributed by atoms with Crippen LogP contribution in [0.1, 0.15) is 23.4 Å². The molecule has 0 atom stereocenters. The van der Waals surface area contributed by atoms with Gasteiger partial charge in [-0.15, -0.1) is 0 Å². The van der Waals surface area contributed by atoms with Crippen molar-refractivity contribution in [3.05, 3.63) is 24.2 Å². The molecule has 0 N–H and O–H groups in total. The molecule has 0 aromatic carbocycles. The maximum atomic E-state index is 12.0. The predicted molar refractivity (Wildman–Crippen MR) is 61.3 cm³/mol. The summed E-state index contributed by atoms with van der Waals surface area (Å²) in [6.07, 6.45) is 3.62. The van der Waals surface area contributed by atoms with E-state index in [0.29, 0.717) is 11.8 Å². The fourth-order valence-electron chi connectivity index (χ4n) is 2.12. The van der Waals surface area contributed by atoms with Gasteiger partial charge in [-0.2, -0.15) is 0 Å². The second-order valence-electron chi connectivity index (χ2n) is 4.43. The lowest BCUT2D eigenvalue weighted by Gasteiger charge is -2.34. The van der Waals surface area contributed by atoms with Crippen LogP contribution in [0.4, 0.5) is 0 Å². The third kappa shape index (κ3) is 2.27. The molecule has 4 heteroatoms. The Hall–Kier alpha value is -1.29. The van der Waals surface area contributed by atoms with Crippen LogP contribution in [0, 0.1) is 0 Å². The molecule has 1 aromatic rings. The lowest BCUT2D eigenvalue weighted by atomic mass is 10.0. The van der Waals surface area contributed by atoms with Crippen LogP contribution in [0.15, 0.2) is 22.8 Å². The highest BCUT2D eigenvalue weighted by Gasteiger charge is 2.25. The molecular weight excluding hydrogens is 204 g/mol. The van der Waals surface area contributed by atoms with Crippen molar-refractivity contribution in [3.8, 4) is 0 Å². The second kappa shape index (κ2) is 4.70. The van der Waals surface area contributed by atoms with E-state index in [1.54, 1.807) is 12.1 Å². The minimum atomic E-state index is -0.0143. The molecule has 1 saturated heterocycles. The average Bonchev–Trinajstić information content (AvgIpc) is 2.81. The Morgan fingerprint density at radius 1 is 1.50 bits per heavy atom. The summed E-state index contributed by atoms with van der Waals surface area (Å²) in [6.45, 7) is 2.11. The standard InChI is InChI=1S/C12H18N2O2/c1-13-7-5-10(6-8-13)14(2)12(15)11-4-3-9-16-11/h3-4,9-10H,5-8H2,1-2H3. The third-order valence-electron chi connectivity index (χ3n) is 3.29. The van der Waals surface area contributed by atoms with Crippen LogP contribution in [-0.2, 0) is 0 Å². The Morgan fingerprint density at radius 2 is 2.19 bits per heavy atom. The van der Waals surface area contributed by atoms with Crippen molar-refractivity contribution >= 4 is 5.91 Å². The number of furan rings is 1.